The lowest BCUT2D eigenvalue weighted by Crippen LogP contribution is -2.63. The molecule has 3 aliphatic rings. The average Bonchev–Trinajstić information content (AvgIpc) is 3.11. The number of carbonyl (C=O) groups is 4. The van der Waals surface area contributed by atoms with E-state index in [4.69, 9.17) is 7.85 Å². The summed E-state index contributed by atoms with van der Waals surface area (Å²) in [5.41, 5.74) is -0.160. The van der Waals surface area contributed by atoms with Gasteiger partial charge in [0.15, 0.2) is 0 Å². The van der Waals surface area contributed by atoms with Crippen LogP contribution < -0.4 is 10.6 Å². The normalized spacial score (nSPS) is 27.8. The summed E-state index contributed by atoms with van der Waals surface area (Å²) in [4.78, 5) is 50.1. The maximum Gasteiger partial charge on any atom is 0.327 e. The van der Waals surface area contributed by atoms with E-state index in [9.17, 15) is 28.0 Å². The number of fused-ring (bicyclic) bond motifs is 1. The van der Waals surface area contributed by atoms with Crippen molar-refractivity contribution in [1.29, 1.82) is 0 Å². The summed E-state index contributed by atoms with van der Waals surface area (Å²) < 4.78 is 29.3. The molecule has 0 spiro atoms. The number of rotatable bonds is 5. The fourth-order valence-electron chi connectivity index (χ4n) is 4.89. The SMILES string of the molecule is [B]C1(N2Cc3cc(CNC(=O)C(F)(F)C4CCC(C)CC4)ccc3C2=O)CCC(=O)NC1=O. The van der Waals surface area contributed by atoms with Crippen molar-refractivity contribution in [2.75, 3.05) is 0 Å². The molecule has 2 fully saturated rings. The zero-order valence-corrected chi connectivity index (χ0v) is 18.5. The van der Waals surface area contributed by atoms with Crippen LogP contribution in [-0.2, 0) is 27.5 Å². The molecule has 1 aromatic rings. The first-order valence-corrected chi connectivity index (χ1v) is 11.3. The Labute approximate surface area is 192 Å². The van der Waals surface area contributed by atoms with E-state index in [1.165, 1.54) is 11.0 Å². The minimum Gasteiger partial charge on any atom is -0.347 e. The first-order chi connectivity index (χ1) is 15.5. The first kappa shape index (κ1) is 23.4. The Bertz CT molecular complexity index is 1010. The van der Waals surface area contributed by atoms with Crippen LogP contribution in [0.5, 0.6) is 0 Å². The predicted octanol–water partition coefficient (Wildman–Crippen LogP) is 2.02. The number of imide groups is 1. The molecule has 174 valence electrons. The van der Waals surface area contributed by atoms with Gasteiger partial charge in [-0.15, -0.1) is 0 Å². The number of nitrogens with zero attached hydrogens (tertiary/aromatic N) is 1. The third-order valence-corrected chi connectivity index (χ3v) is 7.12. The van der Waals surface area contributed by atoms with E-state index < -0.39 is 40.9 Å². The van der Waals surface area contributed by atoms with Crippen LogP contribution in [0, 0.1) is 11.8 Å². The molecule has 2 heterocycles. The molecule has 2 radical (unpaired) electrons. The highest BCUT2D eigenvalue weighted by Crippen LogP contribution is 2.39. The number of piperidine rings is 1. The maximum atomic E-state index is 14.6. The van der Waals surface area contributed by atoms with Gasteiger partial charge >= 0.3 is 5.92 Å². The van der Waals surface area contributed by atoms with Crippen LogP contribution in [0.25, 0.3) is 0 Å². The number of nitrogens with one attached hydrogen (secondary N) is 2. The highest BCUT2D eigenvalue weighted by Gasteiger charge is 2.49. The standard InChI is InChI=1S/C23H26BF2N3O4/c1-13-2-5-16(6-3-13)23(25,26)21(33)27-11-14-4-7-17-15(10-14)12-29(19(17)31)22(24)9-8-18(30)28-20(22)32/h4,7,10,13,16H,2-3,5-6,8-9,11-12H2,1H3,(H,27,33)(H,28,30,32). The summed E-state index contributed by atoms with van der Waals surface area (Å²) in [6.45, 7) is 1.97. The van der Waals surface area contributed by atoms with Crippen LogP contribution >= 0.6 is 0 Å². The molecule has 0 bridgehead atoms. The van der Waals surface area contributed by atoms with E-state index in [2.05, 4.69) is 10.6 Å². The van der Waals surface area contributed by atoms with Crippen molar-refractivity contribution in [1.82, 2.24) is 15.5 Å². The number of hydrogen-bond acceptors (Lipinski definition) is 4. The van der Waals surface area contributed by atoms with Crippen molar-refractivity contribution in [2.24, 2.45) is 11.8 Å². The number of amides is 4. The van der Waals surface area contributed by atoms with Gasteiger partial charge < -0.3 is 10.2 Å². The molecule has 4 amide bonds. The molecular weight excluding hydrogens is 431 g/mol. The van der Waals surface area contributed by atoms with Crippen molar-refractivity contribution in [2.45, 2.75) is 69.9 Å². The van der Waals surface area contributed by atoms with E-state index in [1.807, 2.05) is 6.92 Å². The Kier molecular flexibility index (Phi) is 6.05. The van der Waals surface area contributed by atoms with Gasteiger partial charge in [0.05, 0.1) is 5.44 Å². The van der Waals surface area contributed by atoms with Crippen molar-refractivity contribution in [3.05, 3.63) is 34.9 Å². The lowest BCUT2D eigenvalue weighted by atomic mass is 9.70. The smallest absolute Gasteiger partial charge is 0.327 e. The minimum absolute atomic E-state index is 0.00926. The lowest BCUT2D eigenvalue weighted by molar-refractivity contribution is -0.156. The third kappa shape index (κ3) is 4.27. The van der Waals surface area contributed by atoms with Gasteiger partial charge in [-0.25, -0.2) is 0 Å². The summed E-state index contributed by atoms with van der Waals surface area (Å²) in [5, 5.41) is 4.50. The molecular formula is C23H26BF2N3O4. The van der Waals surface area contributed by atoms with Gasteiger partial charge in [0.25, 0.3) is 11.8 Å². The molecule has 2 aliphatic heterocycles. The Morgan fingerprint density at radius 3 is 2.61 bits per heavy atom. The second kappa shape index (κ2) is 8.54. The molecule has 0 aromatic heterocycles. The van der Waals surface area contributed by atoms with E-state index in [0.717, 1.165) is 0 Å². The van der Waals surface area contributed by atoms with E-state index >= 15 is 0 Å². The van der Waals surface area contributed by atoms with E-state index in [1.54, 1.807) is 12.1 Å². The van der Waals surface area contributed by atoms with Crippen LogP contribution in [0.4, 0.5) is 8.78 Å². The number of alkyl halides is 2. The summed E-state index contributed by atoms with van der Waals surface area (Å²) in [5.74, 6) is -6.87. The second-order valence-corrected chi connectivity index (χ2v) is 9.45. The largest absolute Gasteiger partial charge is 0.347 e. The van der Waals surface area contributed by atoms with Crippen molar-refractivity contribution in [3.8, 4) is 0 Å². The zero-order chi connectivity index (χ0) is 24.0. The van der Waals surface area contributed by atoms with Crippen molar-refractivity contribution < 1.29 is 28.0 Å². The van der Waals surface area contributed by atoms with Crippen LogP contribution in [0.15, 0.2) is 18.2 Å². The summed E-state index contributed by atoms with van der Waals surface area (Å²) in [7, 11) is 6.20. The highest BCUT2D eigenvalue weighted by atomic mass is 19.3. The van der Waals surface area contributed by atoms with Gasteiger partial charge in [-0.05, 0) is 42.4 Å². The molecule has 2 N–H and O–H groups in total. The average molecular weight is 457 g/mol. The number of halogens is 2. The van der Waals surface area contributed by atoms with Crippen LogP contribution in [0.3, 0.4) is 0 Å². The molecule has 1 aromatic carbocycles. The second-order valence-electron chi connectivity index (χ2n) is 9.45. The third-order valence-electron chi connectivity index (χ3n) is 7.12. The maximum absolute atomic E-state index is 14.6. The van der Waals surface area contributed by atoms with Gasteiger partial charge in [0.2, 0.25) is 11.8 Å². The monoisotopic (exact) mass is 457 g/mol. The fourth-order valence-corrected chi connectivity index (χ4v) is 4.89. The van der Waals surface area contributed by atoms with Crippen LogP contribution in [0.2, 0.25) is 0 Å². The number of carbonyl (C=O) groups excluding carboxylic acids is 4. The number of benzene rings is 1. The zero-order valence-electron chi connectivity index (χ0n) is 18.5. The minimum atomic E-state index is -3.43. The Morgan fingerprint density at radius 2 is 1.94 bits per heavy atom. The topological polar surface area (TPSA) is 95.6 Å². The Morgan fingerprint density at radius 1 is 1.24 bits per heavy atom. The first-order valence-electron chi connectivity index (χ1n) is 11.3. The number of hydrogen-bond donors (Lipinski definition) is 2. The summed E-state index contributed by atoms with van der Waals surface area (Å²) in [6, 6.07) is 4.76. The Balaban J connectivity index is 1.41. The van der Waals surface area contributed by atoms with Gasteiger partial charge in [0, 0.05) is 31.0 Å². The van der Waals surface area contributed by atoms with Crippen LogP contribution in [-0.4, -0.2) is 47.7 Å². The molecule has 33 heavy (non-hydrogen) atoms. The fraction of sp³-hybridized carbons (Fsp3) is 0.565. The predicted molar refractivity (Wildman–Crippen MR) is 115 cm³/mol. The van der Waals surface area contributed by atoms with Gasteiger partial charge in [0.1, 0.15) is 7.85 Å². The summed E-state index contributed by atoms with van der Waals surface area (Å²) >= 11 is 0. The molecule has 10 heteroatoms. The highest BCUT2D eigenvalue weighted by molar-refractivity contribution is 6.32. The molecule has 1 atom stereocenters. The van der Waals surface area contributed by atoms with Crippen LogP contribution in [0.1, 0.15) is 66.9 Å². The molecule has 4 rings (SSSR count). The summed E-state index contributed by atoms with van der Waals surface area (Å²) in [6.07, 6.45) is 2.08. The van der Waals surface area contributed by atoms with Gasteiger partial charge in [-0.1, -0.05) is 31.9 Å². The van der Waals surface area contributed by atoms with Crippen molar-refractivity contribution >= 4 is 31.5 Å². The molecule has 7 nitrogen and oxygen atoms in total. The molecule has 1 saturated heterocycles. The quantitative estimate of drug-likeness (QED) is 0.523. The van der Waals surface area contributed by atoms with Gasteiger partial charge in [-0.3, -0.25) is 24.5 Å². The van der Waals surface area contributed by atoms with Crippen molar-refractivity contribution in [3.63, 3.8) is 0 Å². The van der Waals surface area contributed by atoms with E-state index in [0.29, 0.717) is 48.3 Å². The van der Waals surface area contributed by atoms with Gasteiger partial charge in [-0.2, -0.15) is 8.78 Å². The molecule has 1 saturated carbocycles. The van der Waals surface area contributed by atoms with E-state index in [-0.39, 0.29) is 25.9 Å². The Hall–Kier alpha value is -2.78. The molecule has 1 unspecified atom stereocenters. The lowest BCUT2D eigenvalue weighted by Gasteiger charge is -2.40. The molecule has 1 aliphatic carbocycles.